The quantitative estimate of drug-likeness (QED) is 0.239. The minimum absolute atomic E-state index is 0.00707. The zero-order chi connectivity index (χ0) is 30.8. The van der Waals surface area contributed by atoms with Gasteiger partial charge in [-0.05, 0) is 59.7 Å². The topological polar surface area (TPSA) is 120 Å². The van der Waals surface area contributed by atoms with Crippen LogP contribution in [0.15, 0.2) is 90.1 Å². The molecule has 5 heterocycles. The van der Waals surface area contributed by atoms with E-state index in [9.17, 15) is 13.7 Å². The molecule has 5 aromatic rings. The fourth-order valence-electron chi connectivity index (χ4n) is 5.85. The normalized spacial score (nSPS) is 16.0. The Hall–Kier alpha value is -4.76. The number of hydrogen-bond donors (Lipinski definition) is 0. The van der Waals surface area contributed by atoms with E-state index >= 15 is 0 Å². The number of anilines is 1. The predicted molar refractivity (Wildman–Crippen MR) is 170 cm³/mol. The molecule has 11 heteroatoms. The lowest BCUT2D eigenvalue weighted by molar-refractivity contribution is 0.0254. The zero-order valence-electron chi connectivity index (χ0n) is 24.5. The number of fused-ring (bicyclic) bond motifs is 1. The van der Waals surface area contributed by atoms with Crippen molar-refractivity contribution in [1.29, 1.82) is 5.26 Å². The fraction of sp³-hybridized carbons (Fsp3) is 0.265. The van der Waals surface area contributed by atoms with E-state index < -0.39 is 10.0 Å². The summed E-state index contributed by atoms with van der Waals surface area (Å²) in [6, 6.07) is 23.5. The van der Waals surface area contributed by atoms with Crippen LogP contribution in [0, 0.1) is 11.3 Å². The molecule has 3 aromatic heterocycles. The van der Waals surface area contributed by atoms with Crippen LogP contribution in [0.4, 0.5) is 5.82 Å². The molecule has 0 atom stereocenters. The molecule has 0 radical (unpaired) electrons. The van der Waals surface area contributed by atoms with Gasteiger partial charge in [-0.15, -0.1) is 0 Å². The molecule has 0 bridgehead atoms. The van der Waals surface area contributed by atoms with Gasteiger partial charge in [-0.25, -0.2) is 22.4 Å². The highest BCUT2D eigenvalue weighted by Gasteiger charge is 2.27. The Bertz CT molecular complexity index is 1980. The van der Waals surface area contributed by atoms with Crippen molar-refractivity contribution >= 4 is 26.9 Å². The van der Waals surface area contributed by atoms with E-state index in [1.807, 2.05) is 36.4 Å². The summed E-state index contributed by atoms with van der Waals surface area (Å²) in [4.78, 5) is 11.6. The van der Waals surface area contributed by atoms with E-state index in [0.29, 0.717) is 54.4 Å². The van der Waals surface area contributed by atoms with Crippen molar-refractivity contribution in [3.05, 3.63) is 90.8 Å². The maximum atomic E-state index is 14.2. The predicted octanol–water partition coefficient (Wildman–Crippen LogP) is 5.27. The highest BCUT2D eigenvalue weighted by atomic mass is 32.2. The second-order valence-electron chi connectivity index (χ2n) is 11.0. The molecule has 10 nitrogen and oxygen atoms in total. The van der Waals surface area contributed by atoms with Gasteiger partial charge in [0.2, 0.25) is 0 Å². The van der Waals surface area contributed by atoms with Crippen molar-refractivity contribution in [2.45, 2.75) is 23.8 Å². The highest BCUT2D eigenvalue weighted by Crippen LogP contribution is 2.38. The Morgan fingerprint density at radius 1 is 0.867 bits per heavy atom. The first kappa shape index (κ1) is 29.0. The molecule has 0 aliphatic carbocycles. The molecular formula is C34H31N5O5S. The first-order valence-electron chi connectivity index (χ1n) is 14.9. The van der Waals surface area contributed by atoms with Gasteiger partial charge in [-0.2, -0.15) is 5.26 Å². The van der Waals surface area contributed by atoms with Gasteiger partial charge in [0, 0.05) is 49.3 Å². The largest absolute Gasteiger partial charge is 0.489 e. The van der Waals surface area contributed by atoms with Crippen molar-refractivity contribution in [2.24, 2.45) is 0 Å². The summed E-state index contributed by atoms with van der Waals surface area (Å²) >= 11 is 0. The van der Waals surface area contributed by atoms with Gasteiger partial charge in [-0.3, -0.25) is 0 Å². The summed E-state index contributed by atoms with van der Waals surface area (Å²) in [6.07, 6.45) is 4.83. The van der Waals surface area contributed by atoms with Crippen LogP contribution in [-0.4, -0.2) is 68.0 Å². The van der Waals surface area contributed by atoms with Crippen molar-refractivity contribution in [1.82, 2.24) is 13.9 Å². The second kappa shape index (κ2) is 12.3. The van der Waals surface area contributed by atoms with Crippen LogP contribution >= 0.6 is 0 Å². The van der Waals surface area contributed by atoms with Gasteiger partial charge in [0.05, 0.1) is 42.6 Å². The van der Waals surface area contributed by atoms with Crippen LogP contribution in [0.25, 0.3) is 33.4 Å². The molecule has 2 saturated heterocycles. The average molecular weight is 622 g/mol. The molecule has 0 N–H and O–H groups in total. The van der Waals surface area contributed by atoms with E-state index in [2.05, 4.69) is 20.9 Å². The van der Waals surface area contributed by atoms with Gasteiger partial charge in [-0.1, -0.05) is 24.3 Å². The van der Waals surface area contributed by atoms with Crippen LogP contribution < -0.4 is 9.64 Å². The van der Waals surface area contributed by atoms with E-state index in [1.54, 1.807) is 48.8 Å². The highest BCUT2D eigenvalue weighted by molar-refractivity contribution is 7.90. The number of aromatic nitrogens is 3. The van der Waals surface area contributed by atoms with Crippen molar-refractivity contribution in [3.8, 4) is 34.2 Å². The molecular weight excluding hydrogens is 590 g/mol. The van der Waals surface area contributed by atoms with Crippen LogP contribution in [-0.2, 0) is 19.5 Å². The third-order valence-corrected chi connectivity index (χ3v) is 9.91. The Balaban J connectivity index is 1.35. The summed E-state index contributed by atoms with van der Waals surface area (Å²) in [7, 11) is -4.05. The third kappa shape index (κ3) is 5.64. The Morgan fingerprint density at radius 2 is 1.62 bits per heavy atom. The van der Waals surface area contributed by atoms with Gasteiger partial charge in [0.25, 0.3) is 10.0 Å². The lowest BCUT2D eigenvalue weighted by atomic mass is 10.0. The van der Waals surface area contributed by atoms with Crippen LogP contribution in [0.1, 0.15) is 18.4 Å². The standard InChI is InChI=1S/C34H31N5O5S/c35-22-26-20-24(6-8-32(26)44-27-11-16-42-17-12-27)29-10-13-36-34-30(29)21-31(39(34)45(40,41)28-4-2-1-3-5-28)25-7-9-33(37-23-25)38-14-18-43-19-15-38/h1-10,13,20-21,23,27H,11-12,14-19H2. The van der Waals surface area contributed by atoms with E-state index in [-0.39, 0.29) is 16.6 Å². The number of nitriles is 1. The maximum absolute atomic E-state index is 14.2. The number of rotatable bonds is 7. The van der Waals surface area contributed by atoms with E-state index in [4.69, 9.17) is 14.2 Å². The lowest BCUT2D eigenvalue weighted by Gasteiger charge is -2.27. The number of nitrogens with zero attached hydrogens (tertiary/aromatic N) is 5. The molecule has 7 rings (SSSR count). The van der Waals surface area contributed by atoms with Gasteiger partial charge in [0.1, 0.15) is 23.7 Å². The monoisotopic (exact) mass is 621 g/mol. The summed E-state index contributed by atoms with van der Waals surface area (Å²) in [5.41, 5.74) is 3.26. The van der Waals surface area contributed by atoms with E-state index in [0.717, 1.165) is 42.9 Å². The SMILES string of the molecule is N#Cc1cc(-c2ccnc3c2cc(-c2ccc(N4CCOCC4)nc2)n3S(=O)(=O)c2ccccc2)ccc1OC1CCOCC1. The fourth-order valence-corrected chi connectivity index (χ4v) is 7.35. The van der Waals surface area contributed by atoms with Gasteiger partial charge in [0.15, 0.2) is 5.65 Å². The van der Waals surface area contributed by atoms with Crippen molar-refractivity contribution in [2.75, 3.05) is 44.4 Å². The first-order valence-corrected chi connectivity index (χ1v) is 16.4. The molecule has 2 fully saturated rings. The minimum Gasteiger partial charge on any atom is -0.489 e. The zero-order valence-corrected chi connectivity index (χ0v) is 25.3. The third-order valence-electron chi connectivity index (χ3n) is 8.19. The molecule has 0 spiro atoms. The number of benzene rings is 2. The van der Waals surface area contributed by atoms with E-state index in [1.165, 1.54) is 3.97 Å². The number of hydrogen-bond acceptors (Lipinski definition) is 9. The van der Waals surface area contributed by atoms with Gasteiger partial charge >= 0.3 is 0 Å². The molecule has 0 saturated carbocycles. The molecule has 45 heavy (non-hydrogen) atoms. The summed E-state index contributed by atoms with van der Waals surface area (Å²) in [5, 5.41) is 10.6. The second-order valence-corrected chi connectivity index (χ2v) is 12.8. The number of ether oxygens (including phenoxy) is 3. The van der Waals surface area contributed by atoms with Crippen LogP contribution in [0.2, 0.25) is 0 Å². The summed E-state index contributed by atoms with van der Waals surface area (Å²) < 4.78 is 46.8. The number of pyridine rings is 2. The van der Waals surface area contributed by atoms with Crippen molar-refractivity contribution < 1.29 is 22.6 Å². The Labute approximate surface area is 261 Å². The Kier molecular flexibility index (Phi) is 7.94. The van der Waals surface area contributed by atoms with Gasteiger partial charge < -0.3 is 19.1 Å². The Morgan fingerprint density at radius 3 is 2.36 bits per heavy atom. The molecule has 2 aromatic carbocycles. The minimum atomic E-state index is -4.05. The van der Waals surface area contributed by atoms with Crippen LogP contribution in [0.3, 0.4) is 0 Å². The molecule has 0 amide bonds. The first-order chi connectivity index (χ1) is 22.0. The number of morpholine rings is 1. The maximum Gasteiger partial charge on any atom is 0.269 e. The van der Waals surface area contributed by atoms with Crippen molar-refractivity contribution in [3.63, 3.8) is 0 Å². The molecule has 2 aliphatic rings. The lowest BCUT2D eigenvalue weighted by Crippen LogP contribution is -2.36. The molecule has 0 unspecified atom stereocenters. The van der Waals surface area contributed by atoms with Crippen LogP contribution in [0.5, 0.6) is 5.75 Å². The average Bonchev–Trinajstić information content (AvgIpc) is 3.51. The summed E-state index contributed by atoms with van der Waals surface area (Å²) in [6.45, 7) is 4.03. The smallest absolute Gasteiger partial charge is 0.269 e. The molecule has 228 valence electrons. The molecule has 2 aliphatic heterocycles. The summed E-state index contributed by atoms with van der Waals surface area (Å²) in [5.74, 6) is 1.33.